The Morgan fingerprint density at radius 3 is 2.68 bits per heavy atom. The minimum Gasteiger partial charge on any atom is -0.496 e. The van der Waals surface area contributed by atoms with E-state index in [1.165, 1.54) is 6.07 Å². The van der Waals surface area contributed by atoms with E-state index in [1.54, 1.807) is 36.2 Å². The van der Waals surface area contributed by atoms with E-state index in [-0.39, 0.29) is 17.5 Å². The van der Waals surface area contributed by atoms with Crippen molar-refractivity contribution in [3.05, 3.63) is 77.4 Å². The van der Waals surface area contributed by atoms with Gasteiger partial charge in [-0.2, -0.15) is 5.10 Å². The van der Waals surface area contributed by atoms with Crippen molar-refractivity contribution in [2.45, 2.75) is 18.8 Å². The number of para-hydroxylation sites is 2. The van der Waals surface area contributed by atoms with Gasteiger partial charge >= 0.3 is 0 Å². The summed E-state index contributed by atoms with van der Waals surface area (Å²) in [5.41, 5.74) is 2.68. The van der Waals surface area contributed by atoms with Crippen LogP contribution in [0.3, 0.4) is 0 Å². The van der Waals surface area contributed by atoms with E-state index in [1.807, 2.05) is 24.3 Å². The van der Waals surface area contributed by atoms with Crippen molar-refractivity contribution in [2.24, 2.45) is 0 Å². The number of ketones is 1. The van der Waals surface area contributed by atoms with Crippen molar-refractivity contribution in [3.8, 4) is 11.4 Å². The van der Waals surface area contributed by atoms with E-state index in [4.69, 9.17) is 4.74 Å². The van der Waals surface area contributed by atoms with Gasteiger partial charge in [-0.15, -0.1) is 0 Å². The van der Waals surface area contributed by atoms with E-state index in [2.05, 4.69) is 5.10 Å². The molecule has 1 aliphatic carbocycles. The van der Waals surface area contributed by atoms with Crippen LogP contribution in [0.4, 0.5) is 4.39 Å². The maximum Gasteiger partial charge on any atom is 0.166 e. The van der Waals surface area contributed by atoms with Crippen molar-refractivity contribution in [1.29, 1.82) is 0 Å². The molecule has 4 nitrogen and oxygen atoms in total. The van der Waals surface area contributed by atoms with Crippen LogP contribution in [-0.4, -0.2) is 22.7 Å². The fraction of sp³-hybridized carbons (Fsp3) is 0.200. The largest absolute Gasteiger partial charge is 0.496 e. The fourth-order valence-electron chi connectivity index (χ4n) is 3.50. The maximum absolute atomic E-state index is 14.2. The molecule has 0 bridgehead atoms. The predicted octanol–water partition coefficient (Wildman–Crippen LogP) is 3.93. The second-order valence-corrected chi connectivity index (χ2v) is 6.14. The molecule has 0 saturated carbocycles. The van der Waals surface area contributed by atoms with Gasteiger partial charge in [-0.1, -0.05) is 30.3 Å². The molecule has 5 heteroatoms. The summed E-state index contributed by atoms with van der Waals surface area (Å²) >= 11 is 0. The molecule has 0 spiro atoms. The standard InChI is InChI=1S/C20H17FN2O2/c1-25-20-9-5-2-6-14(20)13-10-18-15(19(24)11-13)12-22-23(18)17-8-4-3-7-16(17)21/h2-9,12-13H,10-11H2,1H3. The molecule has 2 aromatic carbocycles. The molecule has 1 aliphatic rings. The predicted molar refractivity (Wildman–Crippen MR) is 91.9 cm³/mol. The second-order valence-electron chi connectivity index (χ2n) is 6.14. The van der Waals surface area contributed by atoms with Gasteiger partial charge in [0.2, 0.25) is 0 Å². The lowest BCUT2D eigenvalue weighted by Crippen LogP contribution is -2.21. The summed E-state index contributed by atoms with van der Waals surface area (Å²) in [5, 5.41) is 4.27. The summed E-state index contributed by atoms with van der Waals surface area (Å²) in [6, 6.07) is 14.2. The lowest BCUT2D eigenvalue weighted by molar-refractivity contribution is 0.0963. The third-order valence-electron chi connectivity index (χ3n) is 4.70. The number of rotatable bonds is 3. The van der Waals surface area contributed by atoms with Crippen LogP contribution in [-0.2, 0) is 6.42 Å². The smallest absolute Gasteiger partial charge is 0.166 e. The van der Waals surface area contributed by atoms with E-state index >= 15 is 0 Å². The van der Waals surface area contributed by atoms with Crippen molar-refractivity contribution < 1.29 is 13.9 Å². The summed E-state index contributed by atoms with van der Waals surface area (Å²) in [6.45, 7) is 0. The average molecular weight is 336 g/mol. The number of hydrogen-bond donors (Lipinski definition) is 0. The molecule has 1 atom stereocenters. The van der Waals surface area contributed by atoms with E-state index in [0.717, 1.165) is 17.0 Å². The Balaban J connectivity index is 1.79. The lowest BCUT2D eigenvalue weighted by Gasteiger charge is -2.24. The molecule has 25 heavy (non-hydrogen) atoms. The van der Waals surface area contributed by atoms with Gasteiger partial charge in [-0.05, 0) is 30.2 Å². The zero-order valence-electron chi connectivity index (χ0n) is 13.8. The Bertz CT molecular complexity index is 948. The van der Waals surface area contributed by atoms with Gasteiger partial charge < -0.3 is 4.74 Å². The van der Waals surface area contributed by atoms with Gasteiger partial charge in [0.15, 0.2) is 5.78 Å². The molecular formula is C20H17FN2O2. The minimum absolute atomic E-state index is 0.0154. The van der Waals surface area contributed by atoms with Gasteiger partial charge in [-0.25, -0.2) is 9.07 Å². The number of nitrogens with zero attached hydrogens (tertiary/aromatic N) is 2. The van der Waals surface area contributed by atoms with Crippen LogP contribution >= 0.6 is 0 Å². The molecule has 0 fully saturated rings. The topological polar surface area (TPSA) is 44.1 Å². The Hall–Kier alpha value is -2.95. The number of methoxy groups -OCH3 is 1. The number of hydrogen-bond acceptors (Lipinski definition) is 3. The summed E-state index contributed by atoms with van der Waals surface area (Å²) in [5.74, 6) is 0.416. The summed E-state index contributed by atoms with van der Waals surface area (Å²) in [7, 11) is 1.62. The van der Waals surface area contributed by atoms with Crippen molar-refractivity contribution >= 4 is 5.78 Å². The molecule has 1 heterocycles. The summed E-state index contributed by atoms with van der Waals surface area (Å²) < 4.78 is 21.2. The first-order valence-corrected chi connectivity index (χ1v) is 8.17. The first-order valence-electron chi connectivity index (χ1n) is 8.17. The molecule has 0 N–H and O–H groups in total. The zero-order valence-corrected chi connectivity index (χ0v) is 13.8. The highest BCUT2D eigenvalue weighted by atomic mass is 19.1. The third kappa shape index (κ3) is 2.61. The zero-order chi connectivity index (χ0) is 17.4. The van der Waals surface area contributed by atoms with Crippen LogP contribution in [0.5, 0.6) is 5.75 Å². The Morgan fingerprint density at radius 1 is 1.12 bits per heavy atom. The van der Waals surface area contributed by atoms with Gasteiger partial charge in [0.05, 0.1) is 24.6 Å². The fourth-order valence-corrected chi connectivity index (χ4v) is 3.50. The molecule has 4 rings (SSSR count). The van der Waals surface area contributed by atoms with Crippen LogP contribution in [0.1, 0.15) is 34.0 Å². The Kier molecular flexibility index (Phi) is 3.84. The van der Waals surface area contributed by atoms with Crippen LogP contribution < -0.4 is 4.74 Å². The van der Waals surface area contributed by atoms with Crippen molar-refractivity contribution in [1.82, 2.24) is 9.78 Å². The third-order valence-corrected chi connectivity index (χ3v) is 4.70. The Labute approximate surface area is 144 Å². The number of benzene rings is 2. The molecule has 126 valence electrons. The highest BCUT2D eigenvalue weighted by Crippen LogP contribution is 2.37. The SMILES string of the molecule is COc1ccccc1C1CC(=O)c2cnn(-c3ccccc3F)c2C1. The van der Waals surface area contributed by atoms with Crippen molar-refractivity contribution in [3.63, 3.8) is 0 Å². The minimum atomic E-state index is -0.361. The molecule has 3 aromatic rings. The molecule has 0 amide bonds. The van der Waals surface area contributed by atoms with E-state index < -0.39 is 0 Å². The summed E-state index contributed by atoms with van der Waals surface area (Å²) in [6.07, 6.45) is 2.55. The Morgan fingerprint density at radius 2 is 1.88 bits per heavy atom. The van der Waals surface area contributed by atoms with Gasteiger partial charge in [0.1, 0.15) is 17.3 Å². The number of aromatic nitrogens is 2. The van der Waals surface area contributed by atoms with Crippen molar-refractivity contribution in [2.75, 3.05) is 7.11 Å². The molecule has 1 unspecified atom stereocenters. The molecule has 0 saturated heterocycles. The number of Topliss-reactive ketones (excluding diaryl/α,β-unsaturated/α-hetero) is 1. The second kappa shape index (κ2) is 6.16. The maximum atomic E-state index is 14.2. The average Bonchev–Trinajstić information content (AvgIpc) is 3.06. The van der Waals surface area contributed by atoms with Gasteiger partial charge in [0.25, 0.3) is 0 Å². The molecule has 0 aliphatic heterocycles. The van der Waals surface area contributed by atoms with Crippen LogP contribution in [0.2, 0.25) is 0 Å². The molecular weight excluding hydrogens is 319 g/mol. The van der Waals surface area contributed by atoms with Crippen LogP contribution in [0, 0.1) is 5.82 Å². The number of carbonyl (C=O) groups is 1. The highest BCUT2D eigenvalue weighted by Gasteiger charge is 2.31. The van der Waals surface area contributed by atoms with Crippen LogP contribution in [0.25, 0.3) is 5.69 Å². The number of ether oxygens (including phenoxy) is 1. The number of fused-ring (bicyclic) bond motifs is 1. The number of carbonyl (C=O) groups excluding carboxylic acids is 1. The monoisotopic (exact) mass is 336 g/mol. The molecule has 1 aromatic heterocycles. The number of halogens is 1. The lowest BCUT2D eigenvalue weighted by atomic mass is 9.82. The normalized spacial score (nSPS) is 16.6. The van der Waals surface area contributed by atoms with E-state index in [0.29, 0.717) is 24.1 Å². The van der Waals surface area contributed by atoms with E-state index in [9.17, 15) is 9.18 Å². The van der Waals surface area contributed by atoms with Gasteiger partial charge in [0, 0.05) is 12.3 Å². The first kappa shape index (κ1) is 15.6. The quantitative estimate of drug-likeness (QED) is 0.728. The molecule has 0 radical (unpaired) electrons. The summed E-state index contributed by atoms with van der Waals surface area (Å²) in [4.78, 5) is 12.6. The highest BCUT2D eigenvalue weighted by molar-refractivity contribution is 5.98. The van der Waals surface area contributed by atoms with Crippen LogP contribution in [0.15, 0.2) is 54.7 Å². The first-order chi connectivity index (χ1) is 12.2. The van der Waals surface area contributed by atoms with Gasteiger partial charge in [-0.3, -0.25) is 4.79 Å².